The first-order valence-electron chi connectivity index (χ1n) is 7.78. The lowest BCUT2D eigenvalue weighted by Crippen LogP contribution is -2.37. The Balaban J connectivity index is 1.73. The average Bonchev–Trinajstić information content (AvgIpc) is 3.07. The van der Waals surface area contributed by atoms with Gasteiger partial charge in [-0.1, -0.05) is 12.1 Å². The Labute approximate surface area is 137 Å². The van der Waals surface area contributed by atoms with E-state index < -0.39 is 0 Å². The van der Waals surface area contributed by atoms with E-state index in [0.29, 0.717) is 0 Å². The highest BCUT2D eigenvalue weighted by Gasteiger charge is 2.02. The van der Waals surface area contributed by atoms with Crippen molar-refractivity contribution in [3.8, 4) is 5.75 Å². The molecule has 0 radical (unpaired) electrons. The van der Waals surface area contributed by atoms with Gasteiger partial charge in [-0.15, -0.1) is 0 Å². The lowest BCUT2D eigenvalue weighted by atomic mass is 10.1. The summed E-state index contributed by atoms with van der Waals surface area (Å²) in [7, 11) is 3.47. The van der Waals surface area contributed by atoms with Crippen molar-refractivity contribution in [3.63, 3.8) is 0 Å². The van der Waals surface area contributed by atoms with Crippen LogP contribution in [0.2, 0.25) is 0 Å². The number of nitrogens with one attached hydrogen (secondary N) is 2. The van der Waals surface area contributed by atoms with E-state index in [1.54, 1.807) is 20.4 Å². The summed E-state index contributed by atoms with van der Waals surface area (Å²) in [6, 6.07) is 8.11. The topological polar surface area (TPSA) is 63.5 Å². The number of rotatable bonds is 7. The fourth-order valence-corrected chi connectivity index (χ4v) is 2.34. The van der Waals surface area contributed by atoms with Crippen LogP contribution in [-0.4, -0.2) is 36.4 Å². The van der Waals surface area contributed by atoms with E-state index in [9.17, 15) is 0 Å². The number of hydrogen-bond donors (Lipinski definition) is 2. The quantitative estimate of drug-likeness (QED) is 0.466. The third-order valence-corrected chi connectivity index (χ3v) is 3.56. The number of ether oxygens (including phenoxy) is 1. The Bertz CT molecular complexity index is 622. The van der Waals surface area contributed by atoms with Gasteiger partial charge in [0.05, 0.1) is 7.11 Å². The molecule has 2 rings (SSSR count). The molecule has 23 heavy (non-hydrogen) atoms. The molecule has 0 saturated heterocycles. The maximum atomic E-state index is 5.28. The molecule has 6 heteroatoms. The average molecular weight is 315 g/mol. The normalized spacial score (nSPS) is 11.3. The fourth-order valence-electron chi connectivity index (χ4n) is 2.34. The third kappa shape index (κ3) is 5.32. The van der Waals surface area contributed by atoms with Crippen LogP contribution in [0.5, 0.6) is 5.75 Å². The van der Waals surface area contributed by atoms with E-state index >= 15 is 0 Å². The molecule has 0 atom stereocenters. The highest BCUT2D eigenvalue weighted by molar-refractivity contribution is 5.79. The molecule has 0 bridgehead atoms. The van der Waals surface area contributed by atoms with E-state index in [1.807, 2.05) is 29.9 Å². The zero-order valence-electron chi connectivity index (χ0n) is 14.0. The van der Waals surface area contributed by atoms with Crippen molar-refractivity contribution in [2.24, 2.45) is 4.99 Å². The van der Waals surface area contributed by atoms with E-state index in [2.05, 4.69) is 32.9 Å². The zero-order chi connectivity index (χ0) is 16.5. The van der Waals surface area contributed by atoms with Gasteiger partial charge >= 0.3 is 0 Å². The van der Waals surface area contributed by atoms with Gasteiger partial charge in [-0.2, -0.15) is 5.10 Å². The summed E-state index contributed by atoms with van der Waals surface area (Å²) in [4.78, 5) is 4.24. The summed E-state index contributed by atoms with van der Waals surface area (Å²) < 4.78 is 7.21. The summed E-state index contributed by atoms with van der Waals surface area (Å²) in [5.74, 6) is 1.72. The summed E-state index contributed by atoms with van der Waals surface area (Å²) in [5.41, 5.74) is 2.33. The van der Waals surface area contributed by atoms with Crippen molar-refractivity contribution in [1.82, 2.24) is 20.4 Å². The molecule has 0 unspecified atom stereocenters. The summed E-state index contributed by atoms with van der Waals surface area (Å²) >= 11 is 0. The van der Waals surface area contributed by atoms with Crippen molar-refractivity contribution in [2.45, 2.75) is 26.4 Å². The molecular weight excluding hydrogens is 290 g/mol. The molecule has 0 saturated carbocycles. The van der Waals surface area contributed by atoms with Gasteiger partial charge in [-0.3, -0.25) is 9.67 Å². The number of aromatic nitrogens is 2. The predicted octanol–water partition coefficient (Wildman–Crippen LogP) is 1.96. The Morgan fingerprint density at radius 1 is 1.35 bits per heavy atom. The maximum absolute atomic E-state index is 5.28. The monoisotopic (exact) mass is 315 g/mol. The summed E-state index contributed by atoms with van der Waals surface area (Å²) in [6.07, 6.45) is 4.76. The SMILES string of the molecule is CN=C(NCCCn1cccn1)NCc1ccc(OC)c(C)c1. The minimum atomic E-state index is 0.726. The first kappa shape index (κ1) is 16.9. The van der Waals surface area contributed by atoms with Gasteiger partial charge in [0.25, 0.3) is 0 Å². The largest absolute Gasteiger partial charge is 0.496 e. The molecule has 2 N–H and O–H groups in total. The molecule has 0 aliphatic carbocycles. The van der Waals surface area contributed by atoms with Crippen molar-refractivity contribution < 1.29 is 4.74 Å². The lowest BCUT2D eigenvalue weighted by Gasteiger charge is -2.13. The van der Waals surface area contributed by atoms with Gasteiger partial charge in [0.2, 0.25) is 0 Å². The van der Waals surface area contributed by atoms with Crippen molar-refractivity contribution >= 4 is 5.96 Å². The van der Waals surface area contributed by atoms with E-state index in [-0.39, 0.29) is 0 Å². The Morgan fingerprint density at radius 3 is 2.87 bits per heavy atom. The standard InChI is InChI=1S/C17H25N5O/c1-14-12-15(6-7-16(14)23-3)13-20-17(18-2)19-8-4-10-22-11-5-9-21-22/h5-7,9,11-12H,4,8,10,13H2,1-3H3,(H2,18,19,20). The number of hydrogen-bond acceptors (Lipinski definition) is 3. The Kier molecular flexibility index (Phi) is 6.47. The molecule has 1 heterocycles. The molecule has 6 nitrogen and oxygen atoms in total. The van der Waals surface area contributed by atoms with Crippen LogP contribution in [0.1, 0.15) is 17.5 Å². The second kappa shape index (κ2) is 8.82. The van der Waals surface area contributed by atoms with Crippen LogP contribution < -0.4 is 15.4 Å². The van der Waals surface area contributed by atoms with Crippen LogP contribution in [0.3, 0.4) is 0 Å². The van der Waals surface area contributed by atoms with Crippen LogP contribution in [0.4, 0.5) is 0 Å². The first-order chi connectivity index (χ1) is 11.2. The van der Waals surface area contributed by atoms with E-state index in [1.165, 1.54) is 5.56 Å². The van der Waals surface area contributed by atoms with Crippen LogP contribution in [-0.2, 0) is 13.1 Å². The smallest absolute Gasteiger partial charge is 0.191 e. The van der Waals surface area contributed by atoms with Gasteiger partial charge in [0.1, 0.15) is 5.75 Å². The molecule has 0 amide bonds. The van der Waals surface area contributed by atoms with Gasteiger partial charge in [0, 0.05) is 39.1 Å². The van der Waals surface area contributed by atoms with Gasteiger partial charge in [-0.05, 0) is 36.6 Å². The van der Waals surface area contributed by atoms with Crippen LogP contribution in [0.25, 0.3) is 0 Å². The van der Waals surface area contributed by atoms with E-state index in [4.69, 9.17) is 4.74 Å². The van der Waals surface area contributed by atoms with Crippen molar-refractivity contribution in [1.29, 1.82) is 0 Å². The van der Waals surface area contributed by atoms with Gasteiger partial charge in [0.15, 0.2) is 5.96 Å². The first-order valence-corrected chi connectivity index (χ1v) is 7.78. The predicted molar refractivity (Wildman–Crippen MR) is 92.8 cm³/mol. The number of nitrogens with zero attached hydrogens (tertiary/aromatic N) is 3. The molecule has 1 aromatic heterocycles. The Hall–Kier alpha value is -2.50. The fraction of sp³-hybridized carbons (Fsp3) is 0.412. The maximum Gasteiger partial charge on any atom is 0.191 e. The molecule has 0 aliphatic rings. The molecule has 0 fully saturated rings. The number of guanidine groups is 1. The second-order valence-electron chi connectivity index (χ2n) is 5.28. The molecule has 0 spiro atoms. The second-order valence-corrected chi connectivity index (χ2v) is 5.28. The van der Waals surface area contributed by atoms with Gasteiger partial charge < -0.3 is 15.4 Å². The van der Waals surface area contributed by atoms with Crippen LogP contribution in [0, 0.1) is 6.92 Å². The van der Waals surface area contributed by atoms with Crippen molar-refractivity contribution in [3.05, 3.63) is 47.8 Å². The summed E-state index contributed by atoms with van der Waals surface area (Å²) in [6.45, 7) is 4.52. The minimum absolute atomic E-state index is 0.726. The number of benzene rings is 1. The number of aliphatic imine (C=N–C) groups is 1. The third-order valence-electron chi connectivity index (χ3n) is 3.56. The highest BCUT2D eigenvalue weighted by atomic mass is 16.5. The number of aryl methyl sites for hydroxylation is 2. The molecule has 0 aliphatic heterocycles. The van der Waals surface area contributed by atoms with E-state index in [0.717, 1.165) is 43.3 Å². The Morgan fingerprint density at radius 2 is 2.22 bits per heavy atom. The molecule has 1 aromatic carbocycles. The van der Waals surface area contributed by atoms with Gasteiger partial charge in [-0.25, -0.2) is 0 Å². The number of methoxy groups -OCH3 is 1. The molecular formula is C17H25N5O. The van der Waals surface area contributed by atoms with Crippen LogP contribution in [0.15, 0.2) is 41.7 Å². The minimum Gasteiger partial charge on any atom is -0.496 e. The molecule has 124 valence electrons. The van der Waals surface area contributed by atoms with Crippen LogP contribution >= 0.6 is 0 Å². The summed E-state index contributed by atoms with van der Waals surface area (Å²) in [5, 5.41) is 10.8. The zero-order valence-corrected chi connectivity index (χ0v) is 14.0. The van der Waals surface area contributed by atoms with Crippen molar-refractivity contribution in [2.75, 3.05) is 20.7 Å². The highest BCUT2D eigenvalue weighted by Crippen LogP contribution is 2.18. The molecule has 2 aromatic rings. The lowest BCUT2D eigenvalue weighted by molar-refractivity contribution is 0.411.